The lowest BCUT2D eigenvalue weighted by atomic mass is 9.86. The minimum atomic E-state index is -0.163. The summed E-state index contributed by atoms with van der Waals surface area (Å²) >= 11 is 0. The van der Waals surface area contributed by atoms with Gasteiger partial charge in [0.25, 0.3) is 0 Å². The van der Waals surface area contributed by atoms with Gasteiger partial charge in [-0.3, -0.25) is 0 Å². The molecule has 0 aromatic rings. The normalized spacial score (nSPS) is 15.1. The third-order valence-corrected chi connectivity index (χ3v) is 2.98. The molecule has 0 N–H and O–H groups in total. The molecule has 16 heavy (non-hydrogen) atoms. The van der Waals surface area contributed by atoms with Crippen LogP contribution < -0.4 is 0 Å². The fraction of sp³-hybridized carbons (Fsp3) is 0.600. The Balaban J connectivity index is 5.68. The SMILES string of the molecule is C=C(C)/C(F)=C(C)\C(=C(/C)C(C)C)C(C)C. The molecule has 0 fully saturated rings. The van der Waals surface area contributed by atoms with E-state index in [0.29, 0.717) is 17.4 Å². The Kier molecular flexibility index (Phi) is 5.71. The molecule has 92 valence electrons. The monoisotopic (exact) mass is 224 g/mol. The van der Waals surface area contributed by atoms with Crippen molar-refractivity contribution in [3.8, 4) is 0 Å². The van der Waals surface area contributed by atoms with Crippen molar-refractivity contribution in [2.75, 3.05) is 0 Å². The molecule has 0 nitrogen and oxygen atoms in total. The van der Waals surface area contributed by atoms with Crippen molar-refractivity contribution in [1.82, 2.24) is 0 Å². The second-order valence-electron chi connectivity index (χ2n) is 5.13. The predicted octanol–water partition coefficient (Wildman–Crippen LogP) is 5.43. The van der Waals surface area contributed by atoms with Gasteiger partial charge in [-0.2, -0.15) is 0 Å². The average Bonchev–Trinajstić information content (AvgIpc) is 2.15. The number of rotatable bonds is 4. The van der Waals surface area contributed by atoms with Crippen molar-refractivity contribution < 1.29 is 4.39 Å². The highest BCUT2D eigenvalue weighted by Gasteiger charge is 2.15. The van der Waals surface area contributed by atoms with Gasteiger partial charge in [-0.1, -0.05) is 39.8 Å². The molecule has 1 heteroatoms. The fourth-order valence-electron chi connectivity index (χ4n) is 1.93. The van der Waals surface area contributed by atoms with Crippen LogP contribution in [0.2, 0.25) is 0 Å². The summed E-state index contributed by atoms with van der Waals surface area (Å²) in [5.41, 5.74) is 3.65. The summed E-state index contributed by atoms with van der Waals surface area (Å²) in [4.78, 5) is 0. The molecule has 0 aromatic carbocycles. The topological polar surface area (TPSA) is 0 Å². The Hall–Kier alpha value is -0.850. The Morgan fingerprint density at radius 3 is 1.62 bits per heavy atom. The number of hydrogen-bond acceptors (Lipinski definition) is 0. The van der Waals surface area contributed by atoms with E-state index in [1.165, 1.54) is 5.57 Å². The van der Waals surface area contributed by atoms with Gasteiger partial charge in [-0.25, -0.2) is 4.39 Å². The maximum atomic E-state index is 13.9. The van der Waals surface area contributed by atoms with Crippen molar-refractivity contribution in [3.63, 3.8) is 0 Å². The first-order valence-electron chi connectivity index (χ1n) is 5.93. The van der Waals surface area contributed by atoms with Crippen LogP contribution in [-0.2, 0) is 0 Å². The van der Waals surface area contributed by atoms with Crippen molar-refractivity contribution in [3.05, 3.63) is 34.7 Å². The zero-order chi connectivity index (χ0) is 13.0. The summed E-state index contributed by atoms with van der Waals surface area (Å²) in [5, 5.41) is 0. The van der Waals surface area contributed by atoms with Crippen LogP contribution in [0.3, 0.4) is 0 Å². The van der Waals surface area contributed by atoms with Crippen LogP contribution in [0.5, 0.6) is 0 Å². The van der Waals surface area contributed by atoms with Crippen LogP contribution in [0.4, 0.5) is 4.39 Å². The Bertz CT molecular complexity index is 327. The molecular weight excluding hydrogens is 199 g/mol. The average molecular weight is 224 g/mol. The van der Waals surface area contributed by atoms with Crippen LogP contribution in [0.1, 0.15) is 48.5 Å². The summed E-state index contributed by atoms with van der Waals surface area (Å²) in [7, 11) is 0. The maximum absolute atomic E-state index is 13.9. The lowest BCUT2D eigenvalue weighted by Crippen LogP contribution is -2.05. The van der Waals surface area contributed by atoms with E-state index in [0.717, 1.165) is 11.1 Å². The highest BCUT2D eigenvalue weighted by molar-refractivity contribution is 5.42. The van der Waals surface area contributed by atoms with Gasteiger partial charge in [0, 0.05) is 0 Å². The van der Waals surface area contributed by atoms with Gasteiger partial charge in [-0.15, -0.1) is 0 Å². The van der Waals surface area contributed by atoms with E-state index in [-0.39, 0.29) is 5.83 Å². The molecule has 0 heterocycles. The van der Waals surface area contributed by atoms with E-state index in [1.54, 1.807) is 6.92 Å². The summed E-state index contributed by atoms with van der Waals surface area (Å²) < 4.78 is 13.9. The highest BCUT2D eigenvalue weighted by Crippen LogP contribution is 2.31. The predicted molar refractivity (Wildman–Crippen MR) is 71.0 cm³/mol. The molecule has 0 unspecified atom stereocenters. The van der Waals surface area contributed by atoms with Crippen LogP contribution in [-0.4, -0.2) is 0 Å². The molecule has 0 aromatic heterocycles. The summed E-state index contributed by atoms with van der Waals surface area (Å²) in [6, 6.07) is 0. The highest BCUT2D eigenvalue weighted by atomic mass is 19.1. The Morgan fingerprint density at radius 1 is 0.938 bits per heavy atom. The molecule has 0 atom stereocenters. The summed E-state index contributed by atoms with van der Waals surface area (Å²) in [6.07, 6.45) is 0. The molecule has 0 aliphatic rings. The van der Waals surface area contributed by atoms with Crippen molar-refractivity contribution >= 4 is 0 Å². The van der Waals surface area contributed by atoms with E-state index in [1.807, 2.05) is 6.92 Å². The first-order chi connectivity index (χ1) is 7.20. The molecule has 0 rings (SSSR count). The second-order valence-corrected chi connectivity index (χ2v) is 5.13. The number of allylic oxidation sites excluding steroid dienone is 5. The molecule has 0 saturated heterocycles. The number of hydrogen-bond donors (Lipinski definition) is 0. The largest absolute Gasteiger partial charge is 0.206 e. The minimum Gasteiger partial charge on any atom is -0.206 e. The molecule has 0 radical (unpaired) electrons. The van der Waals surface area contributed by atoms with E-state index < -0.39 is 0 Å². The summed E-state index contributed by atoms with van der Waals surface area (Å²) in [5.74, 6) is 0.626. The summed E-state index contributed by atoms with van der Waals surface area (Å²) in [6.45, 7) is 17.8. The van der Waals surface area contributed by atoms with Gasteiger partial charge in [-0.05, 0) is 49.3 Å². The fourth-order valence-corrected chi connectivity index (χ4v) is 1.93. The Morgan fingerprint density at radius 2 is 1.38 bits per heavy atom. The van der Waals surface area contributed by atoms with Gasteiger partial charge >= 0.3 is 0 Å². The van der Waals surface area contributed by atoms with Crippen molar-refractivity contribution in [2.24, 2.45) is 11.8 Å². The molecule has 0 bridgehead atoms. The molecule has 0 amide bonds. The first kappa shape index (κ1) is 15.2. The lowest BCUT2D eigenvalue weighted by Gasteiger charge is -2.20. The van der Waals surface area contributed by atoms with E-state index in [2.05, 4.69) is 41.2 Å². The van der Waals surface area contributed by atoms with Gasteiger partial charge in [0.1, 0.15) is 5.83 Å². The molecule has 0 aliphatic heterocycles. The van der Waals surface area contributed by atoms with E-state index in [4.69, 9.17) is 0 Å². The van der Waals surface area contributed by atoms with Crippen LogP contribution in [0.25, 0.3) is 0 Å². The standard InChI is InChI=1S/C15H25F/c1-9(2)12(7)14(10(3)4)13(8)15(16)11(5)6/h9-10H,5H2,1-4,6-8H3/b14-12+,15-13+. The maximum Gasteiger partial charge on any atom is 0.128 e. The second kappa shape index (κ2) is 6.03. The van der Waals surface area contributed by atoms with Crippen molar-refractivity contribution in [2.45, 2.75) is 48.5 Å². The number of halogens is 1. The zero-order valence-electron chi connectivity index (χ0n) is 11.7. The third kappa shape index (κ3) is 3.62. The van der Waals surface area contributed by atoms with E-state index >= 15 is 0 Å². The first-order valence-corrected chi connectivity index (χ1v) is 5.93. The molecule has 0 spiro atoms. The lowest BCUT2D eigenvalue weighted by molar-refractivity contribution is 0.626. The molecular formula is C15H25F. The van der Waals surface area contributed by atoms with Crippen LogP contribution >= 0.6 is 0 Å². The van der Waals surface area contributed by atoms with Gasteiger partial charge in [0.2, 0.25) is 0 Å². The Labute approximate surface area is 99.9 Å². The van der Waals surface area contributed by atoms with Gasteiger partial charge in [0.15, 0.2) is 0 Å². The third-order valence-electron chi connectivity index (χ3n) is 2.98. The molecule has 0 saturated carbocycles. The van der Waals surface area contributed by atoms with E-state index in [9.17, 15) is 4.39 Å². The van der Waals surface area contributed by atoms with Crippen molar-refractivity contribution in [1.29, 1.82) is 0 Å². The molecule has 0 aliphatic carbocycles. The van der Waals surface area contributed by atoms with Gasteiger partial charge < -0.3 is 0 Å². The van der Waals surface area contributed by atoms with Gasteiger partial charge in [0.05, 0.1) is 0 Å². The smallest absolute Gasteiger partial charge is 0.128 e. The van der Waals surface area contributed by atoms with Crippen LogP contribution in [0.15, 0.2) is 34.7 Å². The zero-order valence-corrected chi connectivity index (χ0v) is 11.7. The quantitative estimate of drug-likeness (QED) is 0.558. The minimum absolute atomic E-state index is 0.163. The van der Waals surface area contributed by atoms with Crippen LogP contribution in [0, 0.1) is 11.8 Å².